The molecular formula is C20H30N6O4S. The van der Waals surface area contributed by atoms with Gasteiger partial charge in [-0.3, -0.25) is 19.3 Å². The van der Waals surface area contributed by atoms with Gasteiger partial charge in [0, 0.05) is 31.4 Å². The van der Waals surface area contributed by atoms with Gasteiger partial charge in [-0.25, -0.2) is 8.42 Å². The van der Waals surface area contributed by atoms with Crippen LogP contribution in [-0.2, 0) is 25.0 Å². The van der Waals surface area contributed by atoms with Crippen molar-refractivity contribution in [3.05, 3.63) is 29.6 Å². The number of hydrogen-bond donors (Lipinski definition) is 1. The first kappa shape index (κ1) is 22.1. The summed E-state index contributed by atoms with van der Waals surface area (Å²) < 4.78 is 42.3. The fourth-order valence-corrected chi connectivity index (χ4v) is 5.14. The SMILES string of the molecule is COC(c1cnc(C)cn1)C(C)S(=O)(=O)Nc1nnc([C@H]2CCCOC2)n1C1(C)CC1. The average Bonchev–Trinajstić information content (AvgIpc) is 3.36. The lowest BCUT2D eigenvalue weighted by Crippen LogP contribution is -2.34. The van der Waals surface area contributed by atoms with Gasteiger partial charge in [0.15, 0.2) is 0 Å². The van der Waals surface area contributed by atoms with E-state index in [0.717, 1.165) is 43.8 Å². The van der Waals surface area contributed by atoms with Gasteiger partial charge in [-0.2, -0.15) is 0 Å². The van der Waals surface area contributed by atoms with Gasteiger partial charge in [-0.05, 0) is 46.5 Å². The number of aryl methyl sites for hydroxylation is 1. The second-order valence-electron chi connectivity index (χ2n) is 8.72. The number of hydrogen-bond acceptors (Lipinski definition) is 8. The standard InChI is InChI=1S/C20H30N6O4S/c1-13-10-22-16(11-21-13)17(29-4)14(2)31(27,28)25-19-24-23-18(15-6-5-9-30-12-15)26(19)20(3)7-8-20/h10-11,14-15,17H,5-9,12H2,1-4H3,(H,24,25)/t14?,15-,17?/m0/s1. The molecule has 0 spiro atoms. The van der Waals surface area contributed by atoms with E-state index < -0.39 is 21.4 Å². The summed E-state index contributed by atoms with van der Waals surface area (Å²) in [6.07, 6.45) is 6.19. The van der Waals surface area contributed by atoms with E-state index in [2.05, 4.69) is 31.8 Å². The van der Waals surface area contributed by atoms with Crippen LogP contribution < -0.4 is 4.72 Å². The van der Waals surface area contributed by atoms with Gasteiger partial charge in [0.05, 0.1) is 24.2 Å². The monoisotopic (exact) mass is 450 g/mol. The van der Waals surface area contributed by atoms with Crippen LogP contribution in [0.25, 0.3) is 0 Å². The van der Waals surface area contributed by atoms with Crippen LogP contribution in [0.15, 0.2) is 12.4 Å². The van der Waals surface area contributed by atoms with Crippen molar-refractivity contribution < 1.29 is 17.9 Å². The molecule has 2 unspecified atom stereocenters. The summed E-state index contributed by atoms with van der Waals surface area (Å²) in [7, 11) is -2.39. The van der Waals surface area contributed by atoms with E-state index in [9.17, 15) is 8.42 Å². The highest BCUT2D eigenvalue weighted by atomic mass is 32.2. The highest BCUT2D eigenvalue weighted by Gasteiger charge is 2.45. The Morgan fingerprint density at radius 2 is 2.06 bits per heavy atom. The number of methoxy groups -OCH3 is 1. The molecule has 1 aliphatic carbocycles. The fourth-order valence-electron chi connectivity index (χ4n) is 3.99. The van der Waals surface area contributed by atoms with Gasteiger partial charge in [-0.1, -0.05) is 0 Å². The van der Waals surface area contributed by atoms with Crippen molar-refractivity contribution in [2.24, 2.45) is 0 Å². The summed E-state index contributed by atoms with van der Waals surface area (Å²) in [5.74, 6) is 1.15. The molecular weight excluding hydrogens is 420 g/mol. The summed E-state index contributed by atoms with van der Waals surface area (Å²) in [4.78, 5) is 8.51. The predicted molar refractivity (Wildman–Crippen MR) is 114 cm³/mol. The number of nitrogens with one attached hydrogen (secondary N) is 1. The Kier molecular flexibility index (Phi) is 6.01. The van der Waals surface area contributed by atoms with E-state index in [4.69, 9.17) is 9.47 Å². The van der Waals surface area contributed by atoms with E-state index in [1.807, 2.05) is 11.5 Å². The second-order valence-corrected chi connectivity index (χ2v) is 10.8. The molecule has 3 atom stereocenters. The Hall–Kier alpha value is -2.11. The molecule has 170 valence electrons. The third kappa shape index (κ3) is 4.44. The van der Waals surface area contributed by atoms with Crippen LogP contribution in [0.5, 0.6) is 0 Å². The Morgan fingerprint density at radius 3 is 2.65 bits per heavy atom. The van der Waals surface area contributed by atoms with Crippen LogP contribution in [0.1, 0.15) is 68.8 Å². The summed E-state index contributed by atoms with van der Waals surface area (Å²) >= 11 is 0. The first-order chi connectivity index (χ1) is 14.7. The summed E-state index contributed by atoms with van der Waals surface area (Å²) in [6, 6.07) is 0. The van der Waals surface area contributed by atoms with Gasteiger partial charge in [-0.15, -0.1) is 10.2 Å². The number of anilines is 1. The summed E-state index contributed by atoms with van der Waals surface area (Å²) in [6.45, 7) is 6.84. The smallest absolute Gasteiger partial charge is 0.240 e. The van der Waals surface area contributed by atoms with Gasteiger partial charge in [0.2, 0.25) is 16.0 Å². The van der Waals surface area contributed by atoms with Crippen molar-refractivity contribution >= 4 is 16.0 Å². The first-order valence-electron chi connectivity index (χ1n) is 10.6. The van der Waals surface area contributed by atoms with E-state index in [0.29, 0.717) is 12.3 Å². The van der Waals surface area contributed by atoms with Gasteiger partial charge in [0.1, 0.15) is 17.2 Å². The Morgan fingerprint density at radius 1 is 1.29 bits per heavy atom. The molecule has 0 radical (unpaired) electrons. The molecule has 1 saturated carbocycles. The third-order valence-corrected chi connectivity index (χ3v) is 7.92. The van der Waals surface area contributed by atoms with Crippen LogP contribution in [0.4, 0.5) is 5.95 Å². The van der Waals surface area contributed by atoms with Crippen molar-refractivity contribution in [1.82, 2.24) is 24.7 Å². The number of nitrogens with zero attached hydrogens (tertiary/aromatic N) is 5. The Bertz CT molecular complexity index is 1010. The van der Waals surface area contributed by atoms with E-state index in [1.165, 1.54) is 7.11 Å². The lowest BCUT2D eigenvalue weighted by molar-refractivity contribution is 0.0764. The maximum Gasteiger partial charge on any atom is 0.240 e. The molecule has 0 amide bonds. The molecule has 0 bridgehead atoms. The minimum absolute atomic E-state index is 0.115. The minimum atomic E-state index is -3.85. The molecule has 4 rings (SSSR count). The normalized spacial score (nSPS) is 22.6. The van der Waals surface area contributed by atoms with Crippen LogP contribution in [0.2, 0.25) is 0 Å². The molecule has 11 heteroatoms. The first-order valence-corrected chi connectivity index (χ1v) is 12.2. The average molecular weight is 451 g/mol. The quantitative estimate of drug-likeness (QED) is 0.650. The molecule has 1 saturated heterocycles. The fraction of sp³-hybridized carbons (Fsp3) is 0.700. The molecule has 10 nitrogen and oxygen atoms in total. The third-order valence-electron chi connectivity index (χ3n) is 6.22. The van der Waals surface area contributed by atoms with Crippen molar-refractivity contribution in [3.63, 3.8) is 0 Å². The number of sulfonamides is 1. The van der Waals surface area contributed by atoms with Crippen molar-refractivity contribution in [3.8, 4) is 0 Å². The maximum absolute atomic E-state index is 13.3. The van der Waals surface area contributed by atoms with Crippen LogP contribution in [0, 0.1) is 6.92 Å². The number of rotatable bonds is 8. The van der Waals surface area contributed by atoms with Gasteiger partial charge >= 0.3 is 0 Å². The lowest BCUT2D eigenvalue weighted by atomic mass is 10.0. The number of ether oxygens (including phenoxy) is 2. The Balaban J connectivity index is 1.61. The molecule has 31 heavy (non-hydrogen) atoms. The molecule has 2 aliphatic rings. The molecule has 2 aromatic heterocycles. The van der Waals surface area contributed by atoms with E-state index in [-0.39, 0.29) is 17.4 Å². The van der Waals surface area contributed by atoms with Gasteiger partial charge < -0.3 is 9.47 Å². The second kappa shape index (κ2) is 8.44. The summed E-state index contributed by atoms with van der Waals surface area (Å²) in [5.41, 5.74) is 1.03. The minimum Gasteiger partial charge on any atom is -0.381 e. The molecule has 2 aromatic rings. The Labute approximate surface area is 182 Å². The van der Waals surface area contributed by atoms with Crippen LogP contribution >= 0.6 is 0 Å². The van der Waals surface area contributed by atoms with Crippen molar-refractivity contribution in [2.75, 3.05) is 25.0 Å². The highest BCUT2D eigenvalue weighted by Crippen LogP contribution is 2.47. The molecule has 3 heterocycles. The zero-order valence-electron chi connectivity index (χ0n) is 18.4. The molecule has 1 aliphatic heterocycles. The largest absolute Gasteiger partial charge is 0.381 e. The number of aromatic nitrogens is 5. The van der Waals surface area contributed by atoms with E-state index in [1.54, 1.807) is 19.3 Å². The zero-order valence-corrected chi connectivity index (χ0v) is 19.2. The predicted octanol–water partition coefficient (Wildman–Crippen LogP) is 2.30. The lowest BCUT2D eigenvalue weighted by Gasteiger charge is -2.26. The molecule has 0 aromatic carbocycles. The van der Waals surface area contributed by atoms with Crippen LogP contribution in [0.3, 0.4) is 0 Å². The van der Waals surface area contributed by atoms with Crippen molar-refractivity contribution in [1.29, 1.82) is 0 Å². The summed E-state index contributed by atoms with van der Waals surface area (Å²) in [5, 5.41) is 7.69. The molecule has 1 N–H and O–H groups in total. The van der Waals surface area contributed by atoms with Crippen LogP contribution in [-0.4, -0.2) is 58.7 Å². The zero-order chi connectivity index (χ0) is 22.2. The van der Waals surface area contributed by atoms with Gasteiger partial charge in [0.25, 0.3) is 0 Å². The maximum atomic E-state index is 13.3. The van der Waals surface area contributed by atoms with E-state index >= 15 is 0 Å². The molecule has 2 fully saturated rings. The van der Waals surface area contributed by atoms with Crippen molar-refractivity contribution in [2.45, 2.75) is 69.3 Å². The highest BCUT2D eigenvalue weighted by molar-refractivity contribution is 7.93. The topological polar surface area (TPSA) is 121 Å².